The van der Waals surface area contributed by atoms with E-state index in [1.165, 1.54) is 12.3 Å². The van der Waals surface area contributed by atoms with Gasteiger partial charge in [-0.3, -0.25) is 9.10 Å². The van der Waals surface area contributed by atoms with Crippen LogP contribution in [0.4, 0.5) is 14.5 Å². The fraction of sp³-hybridized carbons (Fsp3) is 0.462. The maximum Gasteiger partial charge on any atom is 0.303 e. The summed E-state index contributed by atoms with van der Waals surface area (Å²) >= 11 is 0. The quantitative estimate of drug-likeness (QED) is 0.475. The van der Waals surface area contributed by atoms with Gasteiger partial charge in [0, 0.05) is 25.5 Å². The Hall–Kier alpha value is -3.25. The number of rotatable bonds is 9. The van der Waals surface area contributed by atoms with Crippen LogP contribution in [0.15, 0.2) is 40.9 Å². The maximum atomic E-state index is 14.0. The Bertz CT molecular complexity index is 1320. The van der Waals surface area contributed by atoms with Crippen LogP contribution in [-0.2, 0) is 14.8 Å². The van der Waals surface area contributed by atoms with Crippen LogP contribution in [0.5, 0.6) is 11.6 Å². The SMILES string of the molecule is Cc1cnc(OCCO)c(S(=O)(=O)N2C[C@H](CCC(=O)O)Oc3ccc(C=C4CCC(F)(F)CC4)cc32)c1. The van der Waals surface area contributed by atoms with Crippen molar-refractivity contribution < 1.29 is 41.7 Å². The smallest absolute Gasteiger partial charge is 0.303 e. The van der Waals surface area contributed by atoms with Crippen LogP contribution >= 0.6 is 0 Å². The number of alkyl halides is 2. The normalized spacial score (nSPS) is 18.9. The van der Waals surface area contributed by atoms with E-state index in [-0.39, 0.29) is 80.5 Å². The van der Waals surface area contributed by atoms with Crippen molar-refractivity contribution in [2.24, 2.45) is 0 Å². The first-order chi connectivity index (χ1) is 18.0. The first-order valence-electron chi connectivity index (χ1n) is 12.3. The van der Waals surface area contributed by atoms with Crippen LogP contribution in [0, 0.1) is 6.92 Å². The van der Waals surface area contributed by atoms with Gasteiger partial charge in [0.1, 0.15) is 23.4 Å². The number of halogens is 2. The van der Waals surface area contributed by atoms with E-state index in [9.17, 15) is 22.0 Å². The van der Waals surface area contributed by atoms with Crippen LogP contribution in [0.2, 0.25) is 0 Å². The third kappa shape index (κ3) is 6.41. The molecule has 1 fully saturated rings. The zero-order valence-corrected chi connectivity index (χ0v) is 21.7. The number of sulfonamides is 1. The fourth-order valence-corrected chi connectivity index (χ4v) is 6.15. The standard InChI is InChI=1S/C26H30F2N2O7S/c1-17-12-23(25(29-15-17)36-11-10-31)38(34,35)30-16-20(3-5-24(32)33)37-22-4-2-19(14-21(22)30)13-18-6-8-26(27,28)9-7-18/h2,4,12-15,20,31H,3,5-11,16H2,1H3,(H,32,33)/t20-/m0/s1. The van der Waals surface area contributed by atoms with E-state index in [2.05, 4.69) is 4.98 Å². The van der Waals surface area contributed by atoms with Crippen molar-refractivity contribution in [3.8, 4) is 11.6 Å². The lowest BCUT2D eigenvalue weighted by molar-refractivity contribution is -0.137. The van der Waals surface area contributed by atoms with Crippen molar-refractivity contribution in [3.63, 3.8) is 0 Å². The summed E-state index contributed by atoms with van der Waals surface area (Å²) in [5.74, 6) is -3.61. The summed E-state index contributed by atoms with van der Waals surface area (Å²) in [5.41, 5.74) is 2.30. The number of nitrogens with zero attached hydrogens (tertiary/aromatic N) is 2. The molecule has 2 heterocycles. The molecule has 0 saturated heterocycles. The van der Waals surface area contributed by atoms with E-state index in [1.54, 1.807) is 31.2 Å². The van der Waals surface area contributed by atoms with E-state index >= 15 is 0 Å². The number of aromatic nitrogens is 1. The minimum absolute atomic E-state index is 0.0841. The number of benzene rings is 1. The third-order valence-corrected chi connectivity index (χ3v) is 8.22. The number of carboxylic acid groups (broad SMARTS) is 1. The molecule has 9 nitrogen and oxygen atoms in total. The monoisotopic (exact) mass is 552 g/mol. The second kappa shape index (κ2) is 11.2. The Morgan fingerprint density at radius 3 is 2.71 bits per heavy atom. The van der Waals surface area contributed by atoms with Gasteiger partial charge in [-0.2, -0.15) is 0 Å². The molecule has 1 aliphatic carbocycles. The third-order valence-electron chi connectivity index (χ3n) is 6.44. The Kier molecular flexibility index (Phi) is 8.22. The molecule has 4 rings (SSSR count). The predicted octanol–water partition coefficient (Wildman–Crippen LogP) is 4.17. The molecule has 0 amide bonds. The Balaban J connectivity index is 1.74. The minimum Gasteiger partial charge on any atom is -0.486 e. The van der Waals surface area contributed by atoms with Gasteiger partial charge in [-0.05, 0) is 55.5 Å². The molecule has 1 atom stereocenters. The highest BCUT2D eigenvalue weighted by Crippen LogP contribution is 2.41. The molecule has 0 unspecified atom stereocenters. The molecule has 38 heavy (non-hydrogen) atoms. The second-order valence-electron chi connectivity index (χ2n) is 9.48. The van der Waals surface area contributed by atoms with Gasteiger partial charge in [-0.1, -0.05) is 17.7 Å². The highest BCUT2D eigenvalue weighted by Gasteiger charge is 2.37. The molecule has 2 N–H and O–H groups in total. The number of hydrogen-bond acceptors (Lipinski definition) is 7. The molecule has 12 heteroatoms. The summed E-state index contributed by atoms with van der Waals surface area (Å²) in [4.78, 5) is 15.1. The van der Waals surface area contributed by atoms with Crippen LogP contribution in [0.25, 0.3) is 6.08 Å². The lowest BCUT2D eigenvalue weighted by Gasteiger charge is -2.36. The van der Waals surface area contributed by atoms with Crippen LogP contribution in [-0.4, -0.2) is 61.4 Å². The molecule has 206 valence electrons. The molecular formula is C26H30F2N2O7S. The number of carbonyl (C=O) groups is 1. The van der Waals surface area contributed by atoms with Crippen LogP contribution in [0.1, 0.15) is 49.7 Å². The first-order valence-corrected chi connectivity index (χ1v) is 13.8. The molecule has 1 aromatic heterocycles. The van der Waals surface area contributed by atoms with Gasteiger partial charge in [0.15, 0.2) is 0 Å². The number of allylic oxidation sites excluding steroid dienone is 1. The van der Waals surface area contributed by atoms with E-state index in [1.807, 2.05) is 0 Å². The Morgan fingerprint density at radius 2 is 2.03 bits per heavy atom. The largest absolute Gasteiger partial charge is 0.486 e. The summed E-state index contributed by atoms with van der Waals surface area (Å²) < 4.78 is 67.7. The zero-order valence-electron chi connectivity index (χ0n) is 20.9. The van der Waals surface area contributed by atoms with E-state index in [4.69, 9.17) is 19.7 Å². The minimum atomic E-state index is -4.28. The highest BCUT2D eigenvalue weighted by atomic mass is 32.2. The summed E-state index contributed by atoms with van der Waals surface area (Å²) in [7, 11) is -4.28. The number of carboxylic acids is 1. The van der Waals surface area contributed by atoms with Gasteiger partial charge in [-0.25, -0.2) is 22.2 Å². The second-order valence-corrected chi connectivity index (χ2v) is 11.3. The summed E-state index contributed by atoms with van der Waals surface area (Å²) in [6.45, 7) is 1.04. The van der Waals surface area contributed by atoms with Crippen molar-refractivity contribution >= 4 is 27.8 Å². The van der Waals surface area contributed by atoms with E-state index in [0.29, 0.717) is 11.1 Å². The number of hydrogen-bond donors (Lipinski definition) is 2. The number of aliphatic hydroxyl groups is 1. The molecule has 1 aromatic carbocycles. The Morgan fingerprint density at radius 1 is 1.29 bits per heavy atom. The van der Waals surface area contributed by atoms with E-state index < -0.39 is 28.0 Å². The van der Waals surface area contributed by atoms with Gasteiger partial charge in [0.05, 0.1) is 18.8 Å². The average Bonchev–Trinajstić information content (AvgIpc) is 2.87. The average molecular weight is 553 g/mol. The highest BCUT2D eigenvalue weighted by molar-refractivity contribution is 7.93. The molecule has 0 radical (unpaired) electrons. The van der Waals surface area contributed by atoms with Crippen LogP contribution < -0.4 is 13.8 Å². The fourth-order valence-electron chi connectivity index (χ4n) is 4.48. The molecule has 1 aliphatic heterocycles. The van der Waals surface area contributed by atoms with Gasteiger partial charge in [0.25, 0.3) is 10.0 Å². The molecule has 1 saturated carbocycles. The number of aliphatic hydroxyl groups excluding tert-OH is 1. The zero-order chi connectivity index (χ0) is 27.5. The number of fused-ring (bicyclic) bond motifs is 1. The number of ether oxygens (including phenoxy) is 2. The first kappa shape index (κ1) is 27.8. The number of aliphatic carboxylic acids is 1. The van der Waals surface area contributed by atoms with Gasteiger partial charge in [0.2, 0.25) is 11.8 Å². The molecule has 2 aromatic rings. The van der Waals surface area contributed by atoms with Gasteiger partial charge in [-0.15, -0.1) is 0 Å². The lowest BCUT2D eigenvalue weighted by atomic mass is 9.90. The topological polar surface area (TPSA) is 126 Å². The number of aryl methyl sites for hydroxylation is 1. The van der Waals surface area contributed by atoms with Crippen molar-refractivity contribution in [3.05, 3.63) is 47.2 Å². The van der Waals surface area contributed by atoms with Crippen LogP contribution in [0.3, 0.4) is 0 Å². The predicted molar refractivity (Wildman–Crippen MR) is 135 cm³/mol. The van der Waals surface area contributed by atoms with Crippen molar-refractivity contribution in [1.29, 1.82) is 0 Å². The maximum absolute atomic E-state index is 14.0. The van der Waals surface area contributed by atoms with E-state index in [0.717, 1.165) is 9.88 Å². The van der Waals surface area contributed by atoms with Crippen molar-refractivity contribution in [2.45, 2.75) is 62.4 Å². The van der Waals surface area contributed by atoms with Gasteiger partial charge >= 0.3 is 5.97 Å². The lowest BCUT2D eigenvalue weighted by Crippen LogP contribution is -2.44. The molecule has 0 spiro atoms. The number of anilines is 1. The van der Waals surface area contributed by atoms with Crippen molar-refractivity contribution in [1.82, 2.24) is 4.98 Å². The molecule has 0 bridgehead atoms. The number of pyridine rings is 1. The van der Waals surface area contributed by atoms with Gasteiger partial charge < -0.3 is 19.7 Å². The summed E-state index contributed by atoms with van der Waals surface area (Å²) in [6, 6.07) is 6.36. The molecular weight excluding hydrogens is 522 g/mol. The Labute approximate surface area is 219 Å². The van der Waals surface area contributed by atoms with Crippen molar-refractivity contribution in [2.75, 3.05) is 24.1 Å². The molecule has 2 aliphatic rings. The summed E-state index contributed by atoms with van der Waals surface area (Å²) in [6.07, 6.45) is 2.44. The summed E-state index contributed by atoms with van der Waals surface area (Å²) in [5, 5.41) is 18.3.